The third kappa shape index (κ3) is 5.55. The number of hydrogen-bond donors (Lipinski definition) is 1. The quantitative estimate of drug-likeness (QED) is 0.393. The van der Waals surface area contributed by atoms with Crippen molar-refractivity contribution in [1.29, 1.82) is 5.26 Å². The highest BCUT2D eigenvalue weighted by atomic mass is 16.2. The molecular formula is C30H30N6O. The van der Waals surface area contributed by atoms with Crippen LogP contribution in [0.2, 0.25) is 0 Å². The van der Waals surface area contributed by atoms with Crippen LogP contribution in [0.5, 0.6) is 0 Å². The smallest absolute Gasteiger partial charge is 0.274 e. The summed E-state index contributed by atoms with van der Waals surface area (Å²) in [6, 6.07) is 30.2. The lowest BCUT2D eigenvalue weighted by Gasteiger charge is -2.23. The van der Waals surface area contributed by atoms with Crippen molar-refractivity contribution in [3.05, 3.63) is 119 Å². The number of amides is 1. The minimum absolute atomic E-state index is 0.0758. The second-order valence-corrected chi connectivity index (χ2v) is 9.38. The Morgan fingerprint density at radius 1 is 0.919 bits per heavy atom. The molecule has 5 rings (SSSR count). The molecule has 3 aromatic carbocycles. The first-order valence-corrected chi connectivity index (χ1v) is 12.5. The summed E-state index contributed by atoms with van der Waals surface area (Å²) in [6.07, 6.45) is 0. The highest BCUT2D eigenvalue weighted by Gasteiger charge is 2.30. The van der Waals surface area contributed by atoms with Crippen molar-refractivity contribution in [2.24, 2.45) is 0 Å². The first-order chi connectivity index (χ1) is 18.1. The molecule has 1 amide bonds. The topological polar surface area (TPSA) is 77.2 Å². The Morgan fingerprint density at radius 3 is 2.32 bits per heavy atom. The Kier molecular flexibility index (Phi) is 7.29. The lowest BCUT2D eigenvalue weighted by atomic mass is 10.1. The van der Waals surface area contributed by atoms with Gasteiger partial charge in [-0.15, -0.1) is 0 Å². The van der Waals surface area contributed by atoms with Crippen molar-refractivity contribution in [3.8, 4) is 6.07 Å². The zero-order chi connectivity index (χ0) is 25.6. The predicted octanol–water partition coefficient (Wildman–Crippen LogP) is 4.50. The predicted molar refractivity (Wildman–Crippen MR) is 144 cm³/mol. The first-order valence-electron chi connectivity index (χ1n) is 12.5. The molecule has 0 spiro atoms. The molecule has 0 saturated carbocycles. The van der Waals surface area contributed by atoms with Crippen molar-refractivity contribution in [1.82, 2.24) is 19.4 Å². The number of aromatic nitrogens is 2. The molecule has 0 fully saturated rings. The Hall–Kier alpha value is -4.41. The molecule has 4 aromatic rings. The fourth-order valence-corrected chi connectivity index (χ4v) is 4.77. The van der Waals surface area contributed by atoms with Gasteiger partial charge in [-0.25, -0.2) is 4.98 Å². The summed E-state index contributed by atoms with van der Waals surface area (Å²) < 4.78 is 2.05. The number of imidazole rings is 1. The molecule has 186 valence electrons. The first kappa shape index (κ1) is 24.3. The van der Waals surface area contributed by atoms with Crippen molar-refractivity contribution in [2.45, 2.75) is 26.2 Å². The molecule has 7 nitrogen and oxygen atoms in total. The molecule has 0 bridgehead atoms. The molecule has 2 heterocycles. The monoisotopic (exact) mass is 490 g/mol. The normalized spacial score (nSPS) is 13.1. The maximum Gasteiger partial charge on any atom is 0.274 e. The fourth-order valence-electron chi connectivity index (χ4n) is 4.77. The van der Waals surface area contributed by atoms with Gasteiger partial charge in [0.25, 0.3) is 5.91 Å². The summed E-state index contributed by atoms with van der Waals surface area (Å²) in [6.45, 7) is 3.43. The molecule has 1 N–H and O–H groups in total. The standard InChI is InChI=1S/C30H30N6O/c1-34(19-23-10-4-2-5-11-23)22-27-33-29-28(36(27)20-24-12-6-3-7-13-24)30(37)35(17-16-32-29)21-26-15-9-8-14-25(26)18-31/h2-15,32H,16-17,19-22H2,1H3. The van der Waals surface area contributed by atoms with E-state index in [1.807, 2.05) is 59.5 Å². The van der Waals surface area contributed by atoms with Crippen LogP contribution in [-0.4, -0.2) is 45.4 Å². The van der Waals surface area contributed by atoms with Gasteiger partial charge in [0.05, 0.1) is 18.2 Å². The van der Waals surface area contributed by atoms with E-state index in [0.717, 1.165) is 23.5 Å². The minimum Gasteiger partial charge on any atom is -0.366 e. The molecule has 1 aliphatic heterocycles. The van der Waals surface area contributed by atoms with E-state index in [1.165, 1.54) is 5.56 Å². The van der Waals surface area contributed by atoms with Crippen molar-refractivity contribution < 1.29 is 4.79 Å². The van der Waals surface area contributed by atoms with E-state index in [0.29, 0.717) is 49.8 Å². The van der Waals surface area contributed by atoms with E-state index >= 15 is 0 Å². The molecule has 0 saturated heterocycles. The molecular weight excluding hydrogens is 460 g/mol. The van der Waals surface area contributed by atoms with Crippen LogP contribution in [0.25, 0.3) is 0 Å². The summed E-state index contributed by atoms with van der Waals surface area (Å²) in [5.74, 6) is 1.39. The maximum atomic E-state index is 14.0. The number of carbonyl (C=O) groups excluding carboxylic acids is 1. The van der Waals surface area contributed by atoms with Crippen molar-refractivity contribution >= 4 is 11.7 Å². The maximum absolute atomic E-state index is 14.0. The van der Waals surface area contributed by atoms with Gasteiger partial charge in [-0.05, 0) is 29.8 Å². The number of nitriles is 1. The Balaban J connectivity index is 1.48. The van der Waals surface area contributed by atoms with E-state index in [2.05, 4.69) is 52.2 Å². The van der Waals surface area contributed by atoms with Crippen LogP contribution in [0, 0.1) is 11.3 Å². The van der Waals surface area contributed by atoms with Gasteiger partial charge in [0, 0.05) is 32.7 Å². The van der Waals surface area contributed by atoms with Gasteiger partial charge in [-0.1, -0.05) is 78.9 Å². The van der Waals surface area contributed by atoms with Crippen molar-refractivity contribution in [3.63, 3.8) is 0 Å². The van der Waals surface area contributed by atoms with Gasteiger partial charge >= 0.3 is 0 Å². The average Bonchev–Trinajstić information content (AvgIpc) is 3.16. The molecule has 7 heteroatoms. The summed E-state index contributed by atoms with van der Waals surface area (Å²) in [7, 11) is 2.07. The fraction of sp³-hybridized carbons (Fsp3) is 0.233. The summed E-state index contributed by atoms with van der Waals surface area (Å²) in [5.41, 5.74) is 4.34. The average molecular weight is 491 g/mol. The van der Waals surface area contributed by atoms with Gasteiger partial charge in [0.1, 0.15) is 5.82 Å². The van der Waals surface area contributed by atoms with Gasteiger partial charge in [0.2, 0.25) is 0 Å². The highest BCUT2D eigenvalue weighted by Crippen LogP contribution is 2.26. The van der Waals surface area contributed by atoms with Gasteiger partial charge < -0.3 is 14.8 Å². The molecule has 0 unspecified atom stereocenters. The zero-order valence-electron chi connectivity index (χ0n) is 21.0. The number of nitrogens with one attached hydrogen (secondary N) is 1. The number of benzene rings is 3. The number of rotatable bonds is 8. The molecule has 0 atom stereocenters. The Morgan fingerprint density at radius 2 is 1.59 bits per heavy atom. The van der Waals surface area contributed by atoms with Crippen LogP contribution in [-0.2, 0) is 26.2 Å². The van der Waals surface area contributed by atoms with Crippen LogP contribution in [0.4, 0.5) is 5.82 Å². The zero-order valence-corrected chi connectivity index (χ0v) is 21.0. The van der Waals surface area contributed by atoms with E-state index in [-0.39, 0.29) is 5.91 Å². The third-order valence-corrected chi connectivity index (χ3v) is 6.60. The number of hydrogen-bond acceptors (Lipinski definition) is 5. The molecule has 0 aliphatic carbocycles. The van der Waals surface area contributed by atoms with Crippen LogP contribution in [0.1, 0.15) is 38.6 Å². The van der Waals surface area contributed by atoms with Crippen LogP contribution in [0.15, 0.2) is 84.9 Å². The van der Waals surface area contributed by atoms with Crippen LogP contribution >= 0.6 is 0 Å². The number of carbonyl (C=O) groups is 1. The number of fused-ring (bicyclic) bond motifs is 1. The van der Waals surface area contributed by atoms with Gasteiger partial charge in [-0.3, -0.25) is 9.69 Å². The van der Waals surface area contributed by atoms with Crippen LogP contribution < -0.4 is 5.32 Å². The number of nitrogens with zero attached hydrogens (tertiary/aromatic N) is 5. The lowest BCUT2D eigenvalue weighted by molar-refractivity contribution is 0.0744. The lowest BCUT2D eigenvalue weighted by Crippen LogP contribution is -2.34. The third-order valence-electron chi connectivity index (χ3n) is 6.60. The highest BCUT2D eigenvalue weighted by molar-refractivity contribution is 5.98. The van der Waals surface area contributed by atoms with Crippen LogP contribution in [0.3, 0.4) is 0 Å². The van der Waals surface area contributed by atoms with E-state index in [9.17, 15) is 10.1 Å². The van der Waals surface area contributed by atoms with E-state index in [1.54, 1.807) is 6.07 Å². The van der Waals surface area contributed by atoms with Crippen molar-refractivity contribution in [2.75, 3.05) is 25.5 Å². The van der Waals surface area contributed by atoms with Gasteiger partial charge in [-0.2, -0.15) is 5.26 Å². The SMILES string of the molecule is CN(Cc1ccccc1)Cc1nc2c(n1Cc1ccccc1)C(=O)N(Cc1ccccc1C#N)CCN2. The largest absolute Gasteiger partial charge is 0.366 e. The minimum atomic E-state index is -0.0758. The summed E-state index contributed by atoms with van der Waals surface area (Å²) in [4.78, 5) is 22.9. The summed E-state index contributed by atoms with van der Waals surface area (Å²) in [5, 5.41) is 12.9. The molecule has 1 aliphatic rings. The Bertz CT molecular complexity index is 1410. The second kappa shape index (κ2) is 11.1. The molecule has 0 radical (unpaired) electrons. The molecule has 1 aromatic heterocycles. The Labute approximate surface area is 217 Å². The van der Waals surface area contributed by atoms with Gasteiger partial charge in [0.15, 0.2) is 11.5 Å². The van der Waals surface area contributed by atoms with E-state index < -0.39 is 0 Å². The van der Waals surface area contributed by atoms with E-state index in [4.69, 9.17) is 4.98 Å². The summed E-state index contributed by atoms with van der Waals surface area (Å²) >= 11 is 0. The second-order valence-electron chi connectivity index (χ2n) is 9.38. The molecule has 37 heavy (non-hydrogen) atoms. The number of anilines is 1.